The average molecular weight is 479 g/mol. The summed E-state index contributed by atoms with van der Waals surface area (Å²) >= 11 is 6.52. The van der Waals surface area contributed by atoms with Gasteiger partial charge >= 0.3 is 0 Å². The Balaban J connectivity index is 1.89. The summed E-state index contributed by atoms with van der Waals surface area (Å²) in [5.74, 6) is 0.742. The van der Waals surface area contributed by atoms with E-state index in [4.69, 9.17) is 21.1 Å². The van der Waals surface area contributed by atoms with Gasteiger partial charge in [-0.25, -0.2) is 4.39 Å². The van der Waals surface area contributed by atoms with Crippen LogP contribution in [0.4, 0.5) is 4.39 Å². The van der Waals surface area contributed by atoms with Gasteiger partial charge in [0.25, 0.3) is 0 Å². The third-order valence-corrected chi connectivity index (χ3v) is 5.79. The van der Waals surface area contributed by atoms with Crippen LogP contribution < -0.4 is 14.8 Å². The summed E-state index contributed by atoms with van der Waals surface area (Å²) in [4.78, 5) is 2.58. The van der Waals surface area contributed by atoms with Crippen molar-refractivity contribution in [2.24, 2.45) is 0 Å². The van der Waals surface area contributed by atoms with E-state index in [-0.39, 0.29) is 12.4 Å². The van der Waals surface area contributed by atoms with Gasteiger partial charge in [-0.05, 0) is 76.1 Å². The molecule has 0 heterocycles. The highest BCUT2D eigenvalue weighted by Gasteiger charge is 2.14. The fourth-order valence-electron chi connectivity index (χ4n) is 3.65. The minimum atomic E-state index is -0.296. The van der Waals surface area contributed by atoms with Crippen molar-refractivity contribution in [1.82, 2.24) is 10.2 Å². The molecule has 0 aromatic heterocycles. The summed E-state index contributed by atoms with van der Waals surface area (Å²) in [6, 6.07) is 10.4. The van der Waals surface area contributed by atoms with Crippen molar-refractivity contribution in [3.8, 4) is 11.5 Å². The molecule has 4 nitrogen and oxygen atoms in total. The molecule has 0 saturated carbocycles. The van der Waals surface area contributed by atoms with E-state index in [1.807, 2.05) is 19.1 Å². The van der Waals surface area contributed by atoms with Crippen LogP contribution in [0.2, 0.25) is 5.02 Å². The van der Waals surface area contributed by atoms with Crippen molar-refractivity contribution in [2.45, 2.75) is 66.0 Å². The third-order valence-electron chi connectivity index (χ3n) is 5.51. The van der Waals surface area contributed by atoms with Gasteiger partial charge in [-0.3, -0.25) is 0 Å². The van der Waals surface area contributed by atoms with Gasteiger partial charge in [0, 0.05) is 12.1 Å². The molecule has 0 radical (unpaired) electrons. The number of benzene rings is 2. The Bertz CT molecular complexity index is 811. The van der Waals surface area contributed by atoms with Gasteiger partial charge in [0.05, 0.1) is 11.6 Å². The Morgan fingerprint density at radius 2 is 1.64 bits per heavy atom. The van der Waals surface area contributed by atoms with Crippen molar-refractivity contribution in [2.75, 3.05) is 32.8 Å². The van der Waals surface area contributed by atoms with Crippen LogP contribution in [0.3, 0.4) is 0 Å². The minimum Gasteiger partial charge on any atom is -0.490 e. The SMILES string of the molecule is CCCCN(CCCC)CCCNCc1cc(Cl)c(OCc2ccccc2F)c(OCC)c1. The second-order valence-corrected chi connectivity index (χ2v) is 8.70. The highest BCUT2D eigenvalue weighted by molar-refractivity contribution is 6.32. The lowest BCUT2D eigenvalue weighted by Gasteiger charge is -2.22. The van der Waals surface area contributed by atoms with E-state index < -0.39 is 0 Å². The summed E-state index contributed by atoms with van der Waals surface area (Å²) in [5.41, 5.74) is 1.52. The maximum Gasteiger partial charge on any atom is 0.180 e. The molecule has 6 heteroatoms. The lowest BCUT2D eigenvalue weighted by Crippen LogP contribution is -2.29. The van der Waals surface area contributed by atoms with E-state index in [0.717, 1.165) is 25.1 Å². The molecule has 33 heavy (non-hydrogen) atoms. The molecule has 0 saturated heterocycles. The number of rotatable bonds is 17. The van der Waals surface area contributed by atoms with E-state index in [1.54, 1.807) is 18.2 Å². The molecule has 0 spiro atoms. The summed E-state index contributed by atoms with van der Waals surface area (Å²) < 4.78 is 25.6. The highest BCUT2D eigenvalue weighted by Crippen LogP contribution is 2.37. The molecule has 0 aliphatic rings. The van der Waals surface area contributed by atoms with Crippen molar-refractivity contribution < 1.29 is 13.9 Å². The Hall–Kier alpha value is -1.82. The standard InChI is InChI=1S/C27H40ClFN2O2/c1-4-7-15-31(16-8-5-2)17-11-14-30-20-22-18-24(28)27(26(19-22)32-6-3)33-21-23-12-9-10-13-25(23)29/h9-10,12-13,18-19,30H,4-8,11,14-17,20-21H2,1-3H3. The number of nitrogens with zero attached hydrogens (tertiary/aromatic N) is 1. The van der Waals surface area contributed by atoms with Crippen molar-refractivity contribution in [3.05, 3.63) is 58.4 Å². The maximum absolute atomic E-state index is 13.9. The van der Waals surface area contributed by atoms with Gasteiger partial charge in [-0.1, -0.05) is 56.5 Å². The summed E-state index contributed by atoms with van der Waals surface area (Å²) in [7, 11) is 0. The summed E-state index contributed by atoms with van der Waals surface area (Å²) in [5, 5.41) is 3.99. The first-order valence-electron chi connectivity index (χ1n) is 12.3. The number of unbranched alkanes of at least 4 members (excludes halogenated alkanes) is 2. The molecular formula is C27H40ClFN2O2. The molecule has 0 bridgehead atoms. The number of ether oxygens (including phenoxy) is 2. The minimum absolute atomic E-state index is 0.0939. The third kappa shape index (κ3) is 9.91. The molecule has 0 fully saturated rings. The van der Waals surface area contributed by atoms with E-state index in [9.17, 15) is 4.39 Å². The Morgan fingerprint density at radius 3 is 2.30 bits per heavy atom. The number of hydrogen-bond donors (Lipinski definition) is 1. The summed E-state index contributed by atoms with van der Waals surface area (Å²) in [6.45, 7) is 12.2. The Labute approximate surface area is 204 Å². The van der Waals surface area contributed by atoms with Gasteiger partial charge in [0.1, 0.15) is 12.4 Å². The first kappa shape index (κ1) is 27.4. The van der Waals surface area contributed by atoms with Crippen LogP contribution in [-0.2, 0) is 13.2 Å². The second kappa shape index (κ2) is 15.9. The molecule has 0 unspecified atom stereocenters. The van der Waals surface area contributed by atoms with E-state index in [0.29, 0.717) is 35.2 Å². The van der Waals surface area contributed by atoms with Crippen LogP contribution in [0.25, 0.3) is 0 Å². The van der Waals surface area contributed by atoms with Crippen LogP contribution in [0.15, 0.2) is 36.4 Å². The van der Waals surface area contributed by atoms with E-state index >= 15 is 0 Å². The number of halogens is 2. The maximum atomic E-state index is 13.9. The largest absolute Gasteiger partial charge is 0.490 e. The van der Waals surface area contributed by atoms with Gasteiger partial charge in [0.15, 0.2) is 11.5 Å². The molecule has 0 aliphatic carbocycles. The normalized spacial score (nSPS) is 11.2. The van der Waals surface area contributed by atoms with Crippen molar-refractivity contribution >= 4 is 11.6 Å². The molecule has 0 amide bonds. The predicted octanol–water partition coefficient (Wildman–Crippen LogP) is 6.84. The number of hydrogen-bond acceptors (Lipinski definition) is 4. The predicted molar refractivity (Wildman–Crippen MR) is 136 cm³/mol. The van der Waals surface area contributed by atoms with Gasteiger partial charge in [0.2, 0.25) is 0 Å². The monoisotopic (exact) mass is 478 g/mol. The lowest BCUT2D eigenvalue weighted by atomic mass is 10.2. The lowest BCUT2D eigenvalue weighted by molar-refractivity contribution is 0.261. The zero-order chi connectivity index (χ0) is 23.9. The first-order valence-corrected chi connectivity index (χ1v) is 12.7. The average Bonchev–Trinajstić information content (AvgIpc) is 2.80. The molecule has 0 atom stereocenters. The fraction of sp³-hybridized carbons (Fsp3) is 0.556. The Kier molecular flexibility index (Phi) is 13.2. The molecule has 2 aromatic rings. The second-order valence-electron chi connectivity index (χ2n) is 8.30. The van der Waals surface area contributed by atoms with Gasteiger partial charge in [-0.2, -0.15) is 0 Å². The highest BCUT2D eigenvalue weighted by atomic mass is 35.5. The summed E-state index contributed by atoms with van der Waals surface area (Å²) in [6.07, 6.45) is 6.12. The van der Waals surface area contributed by atoms with Crippen LogP contribution in [-0.4, -0.2) is 37.7 Å². The van der Waals surface area contributed by atoms with E-state index in [1.165, 1.54) is 44.8 Å². The molecule has 184 valence electrons. The molecule has 2 rings (SSSR count). The quantitative estimate of drug-likeness (QED) is 0.252. The fourth-order valence-corrected chi connectivity index (χ4v) is 3.94. The molecule has 0 aliphatic heterocycles. The van der Waals surface area contributed by atoms with Crippen LogP contribution in [0.5, 0.6) is 11.5 Å². The van der Waals surface area contributed by atoms with Crippen LogP contribution in [0, 0.1) is 5.82 Å². The molecule has 2 aromatic carbocycles. The van der Waals surface area contributed by atoms with E-state index in [2.05, 4.69) is 24.1 Å². The topological polar surface area (TPSA) is 33.7 Å². The van der Waals surface area contributed by atoms with Crippen LogP contribution in [0.1, 0.15) is 64.0 Å². The van der Waals surface area contributed by atoms with Gasteiger partial charge in [-0.15, -0.1) is 0 Å². The van der Waals surface area contributed by atoms with Crippen LogP contribution >= 0.6 is 11.6 Å². The molecular weight excluding hydrogens is 439 g/mol. The Morgan fingerprint density at radius 1 is 0.939 bits per heavy atom. The zero-order valence-corrected chi connectivity index (χ0v) is 21.2. The first-order chi connectivity index (χ1) is 16.1. The van der Waals surface area contributed by atoms with Crippen molar-refractivity contribution in [3.63, 3.8) is 0 Å². The number of nitrogens with one attached hydrogen (secondary N) is 1. The van der Waals surface area contributed by atoms with Gasteiger partial charge < -0.3 is 19.7 Å². The smallest absolute Gasteiger partial charge is 0.180 e. The zero-order valence-electron chi connectivity index (χ0n) is 20.5. The van der Waals surface area contributed by atoms with Crippen molar-refractivity contribution in [1.29, 1.82) is 0 Å². The molecule has 1 N–H and O–H groups in total.